The molecule has 2 atom stereocenters. The van der Waals surface area contributed by atoms with Crippen molar-refractivity contribution in [1.82, 2.24) is 0 Å². The molecule has 0 aromatic heterocycles. The summed E-state index contributed by atoms with van der Waals surface area (Å²) in [5, 5.41) is 0. The van der Waals surface area contributed by atoms with Crippen LogP contribution in [0.5, 0.6) is 0 Å². The van der Waals surface area contributed by atoms with Gasteiger partial charge in [0.05, 0.1) is 27.7 Å². The number of nitrogens with zero attached hydrogens (tertiary/aromatic N) is 1. The minimum Gasteiger partial charge on any atom is -0.756 e. The van der Waals surface area contributed by atoms with Gasteiger partial charge in [-0.25, -0.2) is 0 Å². The van der Waals surface area contributed by atoms with Crippen LogP contribution in [0.25, 0.3) is 0 Å². The summed E-state index contributed by atoms with van der Waals surface area (Å²) in [6, 6.07) is 0. The minimum atomic E-state index is -4.65. The zero-order chi connectivity index (χ0) is 47.1. The van der Waals surface area contributed by atoms with Crippen LogP contribution in [0.3, 0.4) is 0 Å². The highest BCUT2D eigenvalue weighted by Gasteiger charge is 2.21. The quantitative estimate of drug-likeness (QED) is 0.0195. The lowest BCUT2D eigenvalue weighted by Crippen LogP contribution is -2.37. The first-order chi connectivity index (χ1) is 31.0. The molecule has 0 aromatic carbocycles. The van der Waals surface area contributed by atoms with Crippen LogP contribution < -0.4 is 4.89 Å². The molecular weight excluding hydrogens is 822 g/mol. The summed E-state index contributed by atoms with van der Waals surface area (Å²) in [4.78, 5) is 37.6. The summed E-state index contributed by atoms with van der Waals surface area (Å²) in [7, 11) is 1.12. The molecule has 0 spiro atoms. The summed E-state index contributed by atoms with van der Waals surface area (Å²) >= 11 is 0. The van der Waals surface area contributed by atoms with Gasteiger partial charge in [-0.1, -0.05) is 203 Å². The molecule has 64 heavy (non-hydrogen) atoms. The van der Waals surface area contributed by atoms with Crippen molar-refractivity contribution in [3.8, 4) is 0 Å². The number of carbonyl (C=O) groups excluding carboxylic acids is 2. The number of carbonyl (C=O) groups is 2. The number of likely N-dealkylation sites (N-methyl/N-ethyl adjacent to an activating group) is 1. The number of phosphoric acid groups is 1. The van der Waals surface area contributed by atoms with Crippen LogP contribution in [0.4, 0.5) is 0 Å². The number of esters is 2. The normalized spacial score (nSPS) is 13.9. The van der Waals surface area contributed by atoms with Gasteiger partial charge in [0.2, 0.25) is 0 Å². The topological polar surface area (TPSA) is 111 Å². The highest BCUT2D eigenvalue weighted by atomic mass is 31.2. The van der Waals surface area contributed by atoms with Gasteiger partial charge in [-0.05, 0) is 64.2 Å². The van der Waals surface area contributed by atoms with Crippen molar-refractivity contribution in [1.29, 1.82) is 0 Å². The number of hydrogen-bond acceptors (Lipinski definition) is 8. The lowest BCUT2D eigenvalue weighted by Gasteiger charge is -2.28. The van der Waals surface area contributed by atoms with E-state index in [1.165, 1.54) is 141 Å². The Kier molecular flexibility index (Phi) is 44.2. The van der Waals surface area contributed by atoms with Gasteiger partial charge in [0.15, 0.2) is 6.10 Å². The van der Waals surface area contributed by atoms with Gasteiger partial charge in [0.25, 0.3) is 7.82 Å². The molecule has 0 N–H and O–H groups in total. The number of unbranched alkanes of at least 4 members (excludes halogenated alkanes) is 23. The van der Waals surface area contributed by atoms with E-state index in [-0.39, 0.29) is 26.1 Å². The first-order valence-electron chi connectivity index (χ1n) is 26.0. The Balaban J connectivity index is 4.15. The first-order valence-corrected chi connectivity index (χ1v) is 27.5. The third-order valence-corrected chi connectivity index (χ3v) is 12.0. The van der Waals surface area contributed by atoms with Crippen molar-refractivity contribution in [3.63, 3.8) is 0 Å². The fourth-order valence-corrected chi connectivity index (χ4v) is 7.75. The number of ether oxygens (including phenoxy) is 2. The maximum Gasteiger partial charge on any atom is 0.306 e. The second kappa shape index (κ2) is 45.8. The van der Waals surface area contributed by atoms with Crippen molar-refractivity contribution in [2.75, 3.05) is 47.5 Å². The standard InChI is InChI=1S/C54H98NO8P/c1-6-8-10-12-14-16-18-20-21-22-23-24-25-26-27-28-29-30-31-32-33-35-36-38-40-42-44-46-53(56)60-50-52(51-62-64(58,59)61-49-48-55(3,4)5)63-54(57)47-45-43-41-39-37-34-19-17-15-13-11-9-7-2/h9,11,15,17,22-23,34,37,41,43,52H,6-8,10,12-14,16,18-21,24-33,35-36,38-40,42,44-51H2,1-5H3/b11-9-,17-15-,23-22-,37-34-,43-41-. The van der Waals surface area contributed by atoms with E-state index in [0.717, 1.165) is 44.9 Å². The fraction of sp³-hybridized carbons (Fsp3) is 0.778. The minimum absolute atomic E-state index is 0.0447. The van der Waals surface area contributed by atoms with Gasteiger partial charge in [-0.15, -0.1) is 0 Å². The largest absolute Gasteiger partial charge is 0.756 e. The summed E-state index contributed by atoms with van der Waals surface area (Å²) in [6.07, 6.45) is 57.3. The van der Waals surface area contributed by atoms with E-state index < -0.39 is 32.5 Å². The monoisotopic (exact) mass is 920 g/mol. The summed E-state index contributed by atoms with van der Waals surface area (Å²) in [5.74, 6) is -0.926. The molecule has 0 bridgehead atoms. The van der Waals surface area contributed by atoms with E-state index in [4.69, 9.17) is 18.5 Å². The van der Waals surface area contributed by atoms with E-state index >= 15 is 0 Å². The Morgan fingerprint density at radius 2 is 0.922 bits per heavy atom. The number of quaternary nitrogens is 1. The molecule has 0 radical (unpaired) electrons. The Hall–Kier alpha value is -2.29. The van der Waals surface area contributed by atoms with Crippen molar-refractivity contribution in [2.24, 2.45) is 0 Å². The molecule has 0 aliphatic rings. The summed E-state index contributed by atoms with van der Waals surface area (Å²) < 4.78 is 33.9. The predicted octanol–water partition coefficient (Wildman–Crippen LogP) is 15.0. The molecular formula is C54H98NO8P. The Morgan fingerprint density at radius 3 is 1.39 bits per heavy atom. The van der Waals surface area contributed by atoms with E-state index in [1.54, 1.807) is 0 Å². The van der Waals surface area contributed by atoms with E-state index in [9.17, 15) is 19.0 Å². The highest BCUT2D eigenvalue weighted by molar-refractivity contribution is 7.45. The Labute approximate surface area is 394 Å². The van der Waals surface area contributed by atoms with Crippen molar-refractivity contribution in [2.45, 2.75) is 225 Å². The van der Waals surface area contributed by atoms with Crippen molar-refractivity contribution in [3.05, 3.63) is 60.8 Å². The average Bonchev–Trinajstić information content (AvgIpc) is 3.25. The van der Waals surface area contributed by atoms with Gasteiger partial charge in [-0.3, -0.25) is 14.2 Å². The molecule has 9 nitrogen and oxygen atoms in total. The van der Waals surface area contributed by atoms with Gasteiger partial charge in [0.1, 0.15) is 19.8 Å². The maximum atomic E-state index is 12.6. The number of phosphoric ester groups is 1. The van der Waals surface area contributed by atoms with Gasteiger partial charge < -0.3 is 27.9 Å². The van der Waals surface area contributed by atoms with Crippen molar-refractivity contribution < 1.29 is 42.1 Å². The molecule has 0 heterocycles. The fourth-order valence-electron chi connectivity index (χ4n) is 7.02. The SMILES string of the molecule is CC/C=C\C/C=C\C/C=C\C/C=C\CCC(=O)OC(COC(=O)CCCCCCCCCCCCCCCCC/C=C\CCCCCCCCCC)COP(=O)([O-])OCC[N+](C)(C)C. The molecule has 0 aromatic rings. The highest BCUT2D eigenvalue weighted by Crippen LogP contribution is 2.38. The molecule has 0 saturated carbocycles. The van der Waals surface area contributed by atoms with Crippen LogP contribution in [0.1, 0.15) is 219 Å². The van der Waals surface area contributed by atoms with Gasteiger partial charge in [-0.2, -0.15) is 0 Å². The van der Waals surface area contributed by atoms with Crippen LogP contribution in [0.15, 0.2) is 60.8 Å². The molecule has 0 rings (SSSR count). The third-order valence-electron chi connectivity index (χ3n) is 11.0. The molecule has 0 aliphatic carbocycles. The lowest BCUT2D eigenvalue weighted by molar-refractivity contribution is -0.870. The Morgan fingerprint density at radius 1 is 0.500 bits per heavy atom. The van der Waals surface area contributed by atoms with Crippen molar-refractivity contribution >= 4 is 19.8 Å². The third kappa shape index (κ3) is 49.2. The average molecular weight is 920 g/mol. The van der Waals surface area contributed by atoms with Gasteiger partial charge in [0, 0.05) is 12.8 Å². The predicted molar refractivity (Wildman–Crippen MR) is 268 cm³/mol. The van der Waals surface area contributed by atoms with E-state index in [2.05, 4.69) is 62.5 Å². The summed E-state index contributed by atoms with van der Waals surface area (Å²) in [5.41, 5.74) is 0. The smallest absolute Gasteiger partial charge is 0.306 e. The number of hydrogen-bond donors (Lipinski definition) is 0. The number of allylic oxidation sites excluding steroid dienone is 10. The number of rotatable bonds is 47. The second-order valence-electron chi connectivity index (χ2n) is 18.5. The molecule has 0 fully saturated rings. The molecule has 10 heteroatoms. The zero-order valence-electron chi connectivity index (χ0n) is 42.0. The van der Waals surface area contributed by atoms with E-state index in [1.807, 2.05) is 33.3 Å². The van der Waals surface area contributed by atoms with Crippen LogP contribution in [-0.4, -0.2) is 70.0 Å². The maximum absolute atomic E-state index is 12.6. The van der Waals surface area contributed by atoms with Crippen LogP contribution in [0.2, 0.25) is 0 Å². The summed E-state index contributed by atoms with van der Waals surface area (Å²) in [6.45, 7) is 4.04. The first kappa shape index (κ1) is 61.7. The molecule has 372 valence electrons. The van der Waals surface area contributed by atoms with Gasteiger partial charge >= 0.3 is 11.9 Å². The lowest BCUT2D eigenvalue weighted by atomic mass is 10.0. The molecule has 0 saturated heterocycles. The zero-order valence-corrected chi connectivity index (χ0v) is 42.9. The molecule has 0 aliphatic heterocycles. The molecule has 0 amide bonds. The van der Waals surface area contributed by atoms with Crippen LogP contribution >= 0.6 is 7.82 Å². The van der Waals surface area contributed by atoms with E-state index in [0.29, 0.717) is 17.4 Å². The van der Waals surface area contributed by atoms with Crippen LogP contribution in [-0.2, 0) is 32.7 Å². The van der Waals surface area contributed by atoms with Crippen LogP contribution in [0, 0.1) is 0 Å². The second-order valence-corrected chi connectivity index (χ2v) is 19.9. The Bertz CT molecular complexity index is 1270. The molecule has 2 unspecified atom stereocenters.